The van der Waals surface area contributed by atoms with Crippen molar-refractivity contribution in [3.63, 3.8) is 0 Å². The molecule has 1 unspecified atom stereocenters. The number of hydrogen-bond donors (Lipinski definition) is 0. The number of unbranched alkanes of at least 4 members (excludes halogenated alkanes) is 1. The van der Waals surface area contributed by atoms with Crippen molar-refractivity contribution in [3.05, 3.63) is 0 Å². The van der Waals surface area contributed by atoms with E-state index in [4.69, 9.17) is 5.26 Å². The molecule has 0 rings (SSSR count). The van der Waals surface area contributed by atoms with Crippen LogP contribution in [0.5, 0.6) is 0 Å². The molecule has 0 aliphatic rings. The third-order valence-electron chi connectivity index (χ3n) is 2.00. The molecule has 0 saturated heterocycles. The van der Waals surface area contributed by atoms with Crippen LogP contribution >= 0.6 is 15.9 Å². The Hall–Kier alpha value is -0.0300. The average Bonchev–Trinajstić information content (AvgIpc) is 2.10. The van der Waals surface area contributed by atoms with E-state index in [9.17, 15) is 0 Å². The van der Waals surface area contributed by atoms with Crippen molar-refractivity contribution in [1.82, 2.24) is 0 Å². The van der Waals surface area contributed by atoms with Gasteiger partial charge in [-0.15, -0.1) is 0 Å². The summed E-state index contributed by atoms with van der Waals surface area (Å²) in [5.74, 6) is 0.215. The third-order valence-corrected chi connectivity index (χ3v) is 2.92. The first-order valence-electron chi connectivity index (χ1n) is 4.74. The second-order valence-electron chi connectivity index (χ2n) is 3.35. The summed E-state index contributed by atoms with van der Waals surface area (Å²) in [6, 6.07) is 2.26. The van der Waals surface area contributed by atoms with Gasteiger partial charge in [0.05, 0.1) is 6.07 Å². The van der Waals surface area contributed by atoms with Crippen molar-refractivity contribution < 1.29 is 0 Å². The van der Waals surface area contributed by atoms with Crippen LogP contribution in [0.4, 0.5) is 0 Å². The van der Waals surface area contributed by atoms with Crippen LogP contribution in [0.1, 0.15) is 46.0 Å². The number of nitrogens with zero attached hydrogens (tertiary/aromatic N) is 1. The molecule has 0 aliphatic carbocycles. The van der Waals surface area contributed by atoms with E-state index in [1.807, 2.05) is 6.92 Å². The van der Waals surface area contributed by atoms with Gasteiger partial charge in [0.2, 0.25) is 0 Å². The molecule has 0 aromatic rings. The van der Waals surface area contributed by atoms with E-state index in [0.717, 1.165) is 12.8 Å². The zero-order chi connectivity index (χ0) is 9.40. The van der Waals surface area contributed by atoms with E-state index in [1.54, 1.807) is 0 Å². The van der Waals surface area contributed by atoms with Gasteiger partial charge in [-0.05, 0) is 26.2 Å². The molecular formula is C10H18BrN. The standard InChI is InChI=1S/C10H18BrN/c1-3-4-5-10(11)7-6-9(2)8-12/h9-10H,3-7H2,1-2H3/t9?,10-/m1/s1. The van der Waals surface area contributed by atoms with Crippen molar-refractivity contribution in [2.75, 3.05) is 0 Å². The number of nitriles is 1. The van der Waals surface area contributed by atoms with E-state index >= 15 is 0 Å². The Morgan fingerprint density at radius 2 is 2.00 bits per heavy atom. The van der Waals surface area contributed by atoms with Crippen LogP contribution in [0.15, 0.2) is 0 Å². The molecule has 70 valence electrons. The minimum Gasteiger partial charge on any atom is -0.198 e. The lowest BCUT2D eigenvalue weighted by atomic mass is 10.0. The summed E-state index contributed by atoms with van der Waals surface area (Å²) in [5, 5.41) is 8.56. The Bertz CT molecular complexity index is 139. The van der Waals surface area contributed by atoms with Crippen LogP contribution in [0.2, 0.25) is 0 Å². The van der Waals surface area contributed by atoms with Crippen LogP contribution in [-0.2, 0) is 0 Å². The Morgan fingerprint density at radius 1 is 1.33 bits per heavy atom. The summed E-state index contributed by atoms with van der Waals surface area (Å²) >= 11 is 3.63. The lowest BCUT2D eigenvalue weighted by Gasteiger charge is -2.08. The molecule has 0 N–H and O–H groups in total. The first-order chi connectivity index (χ1) is 5.70. The van der Waals surface area contributed by atoms with Crippen LogP contribution < -0.4 is 0 Å². The molecule has 0 spiro atoms. The van der Waals surface area contributed by atoms with Gasteiger partial charge in [0.15, 0.2) is 0 Å². The second kappa shape index (κ2) is 7.61. The topological polar surface area (TPSA) is 23.8 Å². The van der Waals surface area contributed by atoms with Crippen LogP contribution in [0.3, 0.4) is 0 Å². The van der Waals surface area contributed by atoms with Crippen LogP contribution in [0.25, 0.3) is 0 Å². The highest BCUT2D eigenvalue weighted by Crippen LogP contribution is 2.18. The van der Waals surface area contributed by atoms with Gasteiger partial charge in [-0.25, -0.2) is 0 Å². The first kappa shape index (κ1) is 12.0. The molecule has 0 aromatic carbocycles. The maximum Gasteiger partial charge on any atom is 0.0652 e. The maximum absolute atomic E-state index is 8.56. The van der Waals surface area contributed by atoms with Crippen molar-refractivity contribution in [2.45, 2.75) is 50.8 Å². The van der Waals surface area contributed by atoms with Gasteiger partial charge in [0.1, 0.15) is 0 Å². The monoisotopic (exact) mass is 231 g/mol. The molecule has 0 aliphatic heterocycles. The smallest absolute Gasteiger partial charge is 0.0652 e. The first-order valence-corrected chi connectivity index (χ1v) is 5.66. The van der Waals surface area contributed by atoms with Crippen molar-refractivity contribution in [2.24, 2.45) is 5.92 Å². The average molecular weight is 232 g/mol. The molecular weight excluding hydrogens is 214 g/mol. The Balaban J connectivity index is 3.31. The third kappa shape index (κ3) is 6.67. The second-order valence-corrected chi connectivity index (χ2v) is 4.64. The van der Waals surface area contributed by atoms with Gasteiger partial charge < -0.3 is 0 Å². The van der Waals surface area contributed by atoms with Crippen LogP contribution in [0, 0.1) is 17.2 Å². The lowest BCUT2D eigenvalue weighted by molar-refractivity contribution is 0.572. The highest BCUT2D eigenvalue weighted by Gasteiger charge is 2.06. The summed E-state index contributed by atoms with van der Waals surface area (Å²) in [7, 11) is 0. The molecule has 0 fully saturated rings. The van der Waals surface area contributed by atoms with E-state index in [2.05, 4.69) is 28.9 Å². The number of halogens is 1. The highest BCUT2D eigenvalue weighted by molar-refractivity contribution is 9.09. The fourth-order valence-electron chi connectivity index (χ4n) is 1.07. The van der Waals surface area contributed by atoms with E-state index in [0.29, 0.717) is 4.83 Å². The molecule has 12 heavy (non-hydrogen) atoms. The van der Waals surface area contributed by atoms with Gasteiger partial charge >= 0.3 is 0 Å². The molecule has 1 nitrogen and oxygen atoms in total. The summed E-state index contributed by atoms with van der Waals surface area (Å²) in [4.78, 5) is 0.619. The number of alkyl halides is 1. The van der Waals surface area contributed by atoms with Gasteiger partial charge in [0, 0.05) is 10.7 Å². The fraction of sp³-hybridized carbons (Fsp3) is 0.900. The minimum absolute atomic E-state index is 0.215. The molecule has 0 saturated carbocycles. The van der Waals surface area contributed by atoms with Crippen molar-refractivity contribution >= 4 is 15.9 Å². The molecule has 0 aromatic heterocycles. The van der Waals surface area contributed by atoms with Gasteiger partial charge in [-0.3, -0.25) is 0 Å². The van der Waals surface area contributed by atoms with E-state index < -0.39 is 0 Å². The van der Waals surface area contributed by atoms with E-state index in [-0.39, 0.29) is 5.92 Å². The maximum atomic E-state index is 8.56. The number of rotatable bonds is 6. The number of hydrogen-bond acceptors (Lipinski definition) is 1. The quantitative estimate of drug-likeness (QED) is 0.637. The summed E-state index contributed by atoms with van der Waals surface area (Å²) in [6.45, 7) is 4.19. The van der Waals surface area contributed by atoms with E-state index in [1.165, 1.54) is 19.3 Å². The predicted molar refractivity (Wildman–Crippen MR) is 56.3 cm³/mol. The molecule has 0 bridgehead atoms. The Labute approximate surface area is 84.3 Å². The van der Waals surface area contributed by atoms with Gasteiger partial charge in [-0.1, -0.05) is 35.7 Å². The van der Waals surface area contributed by atoms with Gasteiger partial charge in [-0.2, -0.15) is 5.26 Å². The van der Waals surface area contributed by atoms with Crippen molar-refractivity contribution in [3.8, 4) is 6.07 Å². The molecule has 0 heterocycles. The predicted octanol–water partition coefficient (Wildman–Crippen LogP) is 3.88. The molecule has 0 amide bonds. The fourth-order valence-corrected chi connectivity index (χ4v) is 1.65. The normalized spacial score (nSPS) is 15.2. The molecule has 2 heteroatoms. The van der Waals surface area contributed by atoms with Gasteiger partial charge in [0.25, 0.3) is 0 Å². The summed E-state index contributed by atoms with van der Waals surface area (Å²) in [5.41, 5.74) is 0. The van der Waals surface area contributed by atoms with Crippen molar-refractivity contribution in [1.29, 1.82) is 5.26 Å². The largest absolute Gasteiger partial charge is 0.198 e. The lowest BCUT2D eigenvalue weighted by Crippen LogP contribution is -2.00. The molecule has 0 radical (unpaired) electrons. The minimum atomic E-state index is 0.215. The summed E-state index contributed by atoms with van der Waals surface area (Å²) < 4.78 is 0. The molecule has 2 atom stereocenters. The zero-order valence-corrected chi connectivity index (χ0v) is 9.60. The van der Waals surface area contributed by atoms with Crippen LogP contribution in [-0.4, -0.2) is 4.83 Å². The Kier molecular flexibility index (Phi) is 7.59. The SMILES string of the molecule is CCCC[C@@H](Br)CCC(C)C#N. The highest BCUT2D eigenvalue weighted by atomic mass is 79.9. The zero-order valence-electron chi connectivity index (χ0n) is 8.02. The Morgan fingerprint density at radius 3 is 2.50 bits per heavy atom. The summed E-state index contributed by atoms with van der Waals surface area (Å²) in [6.07, 6.45) is 5.95.